The Hall–Kier alpha value is -2.66. The summed E-state index contributed by atoms with van der Waals surface area (Å²) in [6.07, 6.45) is 1.84. The summed E-state index contributed by atoms with van der Waals surface area (Å²) in [4.78, 5) is 2.13. The second-order valence-electron chi connectivity index (χ2n) is 6.67. The molecule has 27 heavy (non-hydrogen) atoms. The molecule has 0 saturated carbocycles. The maximum Gasteiger partial charge on any atom is 0.204 e. The fraction of sp³-hybridized carbons (Fsp3) is 0.350. The molecule has 1 aliphatic carbocycles. The molecule has 0 fully saturated rings. The van der Waals surface area contributed by atoms with Crippen LogP contribution in [-0.4, -0.2) is 24.5 Å². The molecule has 5 nitrogen and oxygen atoms in total. The summed E-state index contributed by atoms with van der Waals surface area (Å²) >= 11 is 3.36. The highest BCUT2D eigenvalue weighted by molar-refractivity contribution is 9.10. The molecule has 2 aliphatic rings. The highest BCUT2D eigenvalue weighted by atomic mass is 79.9. The van der Waals surface area contributed by atoms with E-state index < -0.39 is 17.2 Å². The predicted octanol–water partition coefficient (Wildman–Crippen LogP) is 3.33. The molecule has 2 N–H and O–H groups in total. The van der Waals surface area contributed by atoms with Crippen molar-refractivity contribution >= 4 is 15.9 Å². The average Bonchev–Trinajstić information content (AvgIpc) is 2.69. The first-order valence-electron chi connectivity index (χ1n) is 8.54. The molecule has 2 atom stereocenters. The first kappa shape index (κ1) is 19.1. The van der Waals surface area contributed by atoms with Gasteiger partial charge in [-0.3, -0.25) is 4.90 Å². The van der Waals surface area contributed by atoms with Crippen LogP contribution < -0.4 is 5.73 Å². The number of rotatable bonds is 2. The molecular weight excluding hydrogens is 409 g/mol. The van der Waals surface area contributed by atoms with Gasteiger partial charge in [0.2, 0.25) is 5.41 Å². The molecule has 0 spiro atoms. The lowest BCUT2D eigenvalue weighted by molar-refractivity contribution is 0.233. The van der Waals surface area contributed by atoms with E-state index in [4.69, 9.17) is 5.73 Å². The monoisotopic (exact) mass is 425 g/mol. The van der Waals surface area contributed by atoms with E-state index in [1.54, 1.807) is 12.1 Å². The SMILES string of the molecule is CCN1CC=C2[C@H](C1)[C@@H](c1cc(Br)ccc1F)C(C#N)=C(N)C2(C#N)C#N. The molecule has 136 valence electrons. The number of hydrogen-bond acceptors (Lipinski definition) is 5. The number of halogens is 2. The van der Waals surface area contributed by atoms with Gasteiger partial charge in [-0.15, -0.1) is 0 Å². The van der Waals surface area contributed by atoms with Crippen LogP contribution in [0.1, 0.15) is 18.4 Å². The maximum atomic E-state index is 14.7. The van der Waals surface area contributed by atoms with Gasteiger partial charge in [0.25, 0.3) is 0 Å². The number of nitrogens with zero attached hydrogens (tertiary/aromatic N) is 4. The van der Waals surface area contributed by atoms with E-state index in [0.717, 1.165) is 6.54 Å². The van der Waals surface area contributed by atoms with E-state index in [9.17, 15) is 20.2 Å². The minimum absolute atomic E-state index is 0.0909. The Morgan fingerprint density at radius 1 is 1.33 bits per heavy atom. The number of benzene rings is 1. The van der Waals surface area contributed by atoms with Crippen molar-refractivity contribution in [1.29, 1.82) is 15.8 Å². The van der Waals surface area contributed by atoms with E-state index in [1.807, 2.05) is 25.1 Å². The zero-order chi connectivity index (χ0) is 19.8. The minimum Gasteiger partial charge on any atom is -0.399 e. The average molecular weight is 426 g/mol. The topological polar surface area (TPSA) is 101 Å². The normalized spacial score (nSPS) is 24.2. The number of nitriles is 3. The molecule has 0 bridgehead atoms. The smallest absolute Gasteiger partial charge is 0.204 e. The molecule has 0 saturated heterocycles. The minimum atomic E-state index is -1.69. The summed E-state index contributed by atoms with van der Waals surface area (Å²) < 4.78 is 15.4. The molecule has 1 aromatic carbocycles. The lowest BCUT2D eigenvalue weighted by Crippen LogP contribution is -2.47. The quantitative estimate of drug-likeness (QED) is 0.732. The zero-order valence-corrected chi connectivity index (χ0v) is 16.3. The summed E-state index contributed by atoms with van der Waals surface area (Å²) in [6, 6.07) is 10.7. The fourth-order valence-corrected chi connectivity index (χ4v) is 4.44. The van der Waals surface area contributed by atoms with Crippen molar-refractivity contribution in [1.82, 2.24) is 4.90 Å². The van der Waals surface area contributed by atoms with E-state index in [2.05, 4.69) is 26.9 Å². The third-order valence-corrected chi connectivity index (χ3v) is 5.95. The van der Waals surface area contributed by atoms with Gasteiger partial charge in [-0.1, -0.05) is 28.9 Å². The number of nitrogens with two attached hydrogens (primary N) is 1. The third-order valence-electron chi connectivity index (χ3n) is 5.46. The Bertz CT molecular complexity index is 962. The van der Waals surface area contributed by atoms with Crippen LogP contribution in [0.2, 0.25) is 0 Å². The van der Waals surface area contributed by atoms with Crippen molar-refractivity contribution in [2.75, 3.05) is 19.6 Å². The Morgan fingerprint density at radius 3 is 2.63 bits per heavy atom. The largest absolute Gasteiger partial charge is 0.399 e. The Labute approximate surface area is 165 Å². The van der Waals surface area contributed by atoms with Crippen LogP contribution in [0.5, 0.6) is 0 Å². The standard InChI is InChI=1S/C20H17BrFN5/c1-2-27-6-5-16-15(9-27)18(13-7-12(21)3-4-17(13)22)14(8-23)19(26)20(16,10-24)11-25/h3-5,7,15,18H,2,6,9,26H2,1H3/t15-,18-/m0/s1. The molecule has 0 radical (unpaired) electrons. The molecule has 1 aliphatic heterocycles. The van der Waals surface area contributed by atoms with E-state index in [-0.39, 0.29) is 17.2 Å². The highest BCUT2D eigenvalue weighted by Gasteiger charge is 2.52. The van der Waals surface area contributed by atoms with Crippen LogP contribution in [0.15, 0.2) is 45.6 Å². The molecule has 1 heterocycles. The van der Waals surface area contributed by atoms with Crippen LogP contribution in [0, 0.1) is 51.1 Å². The van der Waals surface area contributed by atoms with Crippen molar-refractivity contribution < 1.29 is 4.39 Å². The van der Waals surface area contributed by atoms with Gasteiger partial charge in [0.1, 0.15) is 5.82 Å². The fourth-order valence-electron chi connectivity index (χ4n) is 4.06. The van der Waals surface area contributed by atoms with Gasteiger partial charge in [0, 0.05) is 29.4 Å². The first-order valence-corrected chi connectivity index (χ1v) is 9.33. The van der Waals surface area contributed by atoms with Gasteiger partial charge >= 0.3 is 0 Å². The van der Waals surface area contributed by atoms with Gasteiger partial charge in [-0.2, -0.15) is 15.8 Å². The maximum absolute atomic E-state index is 14.7. The molecule has 1 aromatic rings. The summed E-state index contributed by atoms with van der Waals surface area (Å²) in [5.74, 6) is -1.48. The molecule has 7 heteroatoms. The van der Waals surface area contributed by atoms with Crippen LogP contribution >= 0.6 is 15.9 Å². The molecular formula is C20H17BrFN5. The van der Waals surface area contributed by atoms with Crippen molar-refractivity contribution in [3.05, 3.63) is 57.0 Å². The second-order valence-corrected chi connectivity index (χ2v) is 7.59. The second kappa shape index (κ2) is 7.16. The molecule has 0 unspecified atom stereocenters. The molecule has 0 amide bonds. The lowest BCUT2D eigenvalue weighted by atomic mass is 9.60. The summed E-state index contributed by atoms with van der Waals surface area (Å²) in [5, 5.41) is 29.4. The van der Waals surface area contributed by atoms with Crippen molar-refractivity contribution in [2.24, 2.45) is 17.1 Å². The number of allylic oxidation sites excluding steroid dienone is 2. The zero-order valence-electron chi connectivity index (χ0n) is 14.7. The van der Waals surface area contributed by atoms with Gasteiger partial charge in [0.15, 0.2) is 0 Å². The molecule has 0 aromatic heterocycles. The number of likely N-dealkylation sites (N-methyl/N-ethyl adjacent to an activating group) is 1. The lowest BCUT2D eigenvalue weighted by Gasteiger charge is -2.45. The van der Waals surface area contributed by atoms with Crippen LogP contribution in [0.3, 0.4) is 0 Å². The van der Waals surface area contributed by atoms with Gasteiger partial charge in [-0.05, 0) is 35.9 Å². The van der Waals surface area contributed by atoms with Crippen molar-refractivity contribution in [2.45, 2.75) is 12.8 Å². The van der Waals surface area contributed by atoms with Crippen molar-refractivity contribution in [3.63, 3.8) is 0 Å². The highest BCUT2D eigenvalue weighted by Crippen LogP contribution is 2.53. The third kappa shape index (κ3) is 2.82. The van der Waals surface area contributed by atoms with Crippen LogP contribution in [0.25, 0.3) is 0 Å². The summed E-state index contributed by atoms with van der Waals surface area (Å²) in [6.45, 7) is 3.87. The van der Waals surface area contributed by atoms with E-state index >= 15 is 0 Å². The molecule has 3 rings (SSSR count). The van der Waals surface area contributed by atoms with Gasteiger partial charge in [0.05, 0.1) is 29.5 Å². The number of hydrogen-bond donors (Lipinski definition) is 1. The van der Waals surface area contributed by atoms with Crippen LogP contribution in [-0.2, 0) is 0 Å². The van der Waals surface area contributed by atoms with Crippen LogP contribution in [0.4, 0.5) is 4.39 Å². The van der Waals surface area contributed by atoms with Crippen molar-refractivity contribution in [3.8, 4) is 18.2 Å². The summed E-state index contributed by atoms with van der Waals surface area (Å²) in [5.41, 5.74) is 5.42. The Kier molecular flexibility index (Phi) is 5.07. The first-order chi connectivity index (χ1) is 12.9. The Morgan fingerprint density at radius 2 is 2.04 bits per heavy atom. The van der Waals surface area contributed by atoms with E-state index in [0.29, 0.717) is 28.7 Å². The van der Waals surface area contributed by atoms with Gasteiger partial charge in [-0.25, -0.2) is 4.39 Å². The summed E-state index contributed by atoms with van der Waals surface area (Å²) in [7, 11) is 0. The Balaban J connectivity index is 2.34. The number of fused-ring (bicyclic) bond motifs is 1. The van der Waals surface area contributed by atoms with Gasteiger partial charge < -0.3 is 5.73 Å². The predicted molar refractivity (Wildman–Crippen MR) is 101 cm³/mol. The van der Waals surface area contributed by atoms with E-state index in [1.165, 1.54) is 6.07 Å².